The minimum Gasteiger partial charge on any atom is -0.308 e. The second-order valence-electron chi connectivity index (χ2n) is 2.71. The smallest absolute Gasteiger partial charge is 0.245 e. The van der Waals surface area contributed by atoms with Crippen molar-refractivity contribution in [2.75, 3.05) is 6.54 Å². The van der Waals surface area contributed by atoms with Crippen LogP contribution in [0.3, 0.4) is 0 Å². The Labute approximate surface area is 69.6 Å². The Kier molecular flexibility index (Phi) is 1.58. The van der Waals surface area contributed by atoms with E-state index in [9.17, 15) is 9.59 Å². The summed E-state index contributed by atoms with van der Waals surface area (Å²) in [5.74, 6) is -0.257. The SMILES string of the molecule is O=C1CCC(=O)N1N1CC=CN1. The van der Waals surface area contributed by atoms with Gasteiger partial charge in [0.05, 0.1) is 6.54 Å². The van der Waals surface area contributed by atoms with Crippen LogP contribution in [0.2, 0.25) is 0 Å². The van der Waals surface area contributed by atoms with Gasteiger partial charge >= 0.3 is 0 Å². The van der Waals surface area contributed by atoms with Crippen molar-refractivity contribution in [1.29, 1.82) is 0 Å². The molecule has 0 aromatic carbocycles. The zero-order valence-corrected chi connectivity index (χ0v) is 6.49. The fraction of sp³-hybridized carbons (Fsp3) is 0.429. The summed E-state index contributed by atoms with van der Waals surface area (Å²) in [4.78, 5) is 22.3. The van der Waals surface area contributed by atoms with Gasteiger partial charge in [-0.05, 0) is 6.08 Å². The number of hydrazine groups is 2. The lowest BCUT2D eigenvalue weighted by Crippen LogP contribution is -2.49. The molecule has 2 amide bonds. The maximum absolute atomic E-state index is 11.2. The summed E-state index contributed by atoms with van der Waals surface area (Å²) in [7, 11) is 0. The van der Waals surface area contributed by atoms with Crippen molar-refractivity contribution in [2.24, 2.45) is 0 Å². The van der Waals surface area contributed by atoms with Crippen molar-refractivity contribution in [2.45, 2.75) is 12.8 Å². The second-order valence-corrected chi connectivity index (χ2v) is 2.71. The van der Waals surface area contributed by atoms with Crippen molar-refractivity contribution in [3.8, 4) is 0 Å². The summed E-state index contributed by atoms with van der Waals surface area (Å²) in [5, 5.41) is 2.68. The fourth-order valence-electron chi connectivity index (χ4n) is 1.32. The van der Waals surface area contributed by atoms with E-state index in [1.54, 1.807) is 6.20 Å². The van der Waals surface area contributed by atoms with Crippen LogP contribution >= 0.6 is 0 Å². The fourth-order valence-corrected chi connectivity index (χ4v) is 1.32. The molecule has 1 saturated heterocycles. The summed E-state index contributed by atoms with van der Waals surface area (Å²) < 4.78 is 0. The summed E-state index contributed by atoms with van der Waals surface area (Å²) in [6.45, 7) is 0.567. The monoisotopic (exact) mass is 167 g/mol. The van der Waals surface area contributed by atoms with Crippen LogP contribution in [0.4, 0.5) is 0 Å². The molecule has 0 atom stereocenters. The summed E-state index contributed by atoms with van der Waals surface area (Å²) in [6, 6.07) is 0. The largest absolute Gasteiger partial charge is 0.308 e. The first kappa shape index (κ1) is 7.30. The van der Waals surface area contributed by atoms with E-state index in [0.29, 0.717) is 19.4 Å². The number of rotatable bonds is 1. The van der Waals surface area contributed by atoms with Gasteiger partial charge in [-0.15, -0.1) is 5.12 Å². The lowest BCUT2D eigenvalue weighted by Gasteiger charge is -2.24. The molecule has 0 saturated carbocycles. The highest BCUT2D eigenvalue weighted by Gasteiger charge is 2.34. The van der Waals surface area contributed by atoms with Gasteiger partial charge < -0.3 is 5.43 Å². The molecule has 2 aliphatic rings. The maximum atomic E-state index is 11.2. The van der Waals surface area contributed by atoms with E-state index >= 15 is 0 Å². The zero-order valence-electron chi connectivity index (χ0n) is 6.49. The predicted octanol–water partition coefficient (Wildman–Crippen LogP) is -0.616. The first-order valence-corrected chi connectivity index (χ1v) is 3.83. The molecule has 0 aromatic rings. The molecule has 0 spiro atoms. The van der Waals surface area contributed by atoms with Crippen LogP contribution in [0.1, 0.15) is 12.8 Å². The first-order valence-electron chi connectivity index (χ1n) is 3.83. The molecule has 0 aliphatic carbocycles. The third-order valence-electron chi connectivity index (χ3n) is 1.89. The molecule has 5 heteroatoms. The summed E-state index contributed by atoms with van der Waals surface area (Å²) in [5.41, 5.74) is 2.80. The molecule has 0 unspecified atom stereocenters. The molecular formula is C7H9N3O2. The highest BCUT2D eigenvalue weighted by Crippen LogP contribution is 2.14. The highest BCUT2D eigenvalue weighted by atomic mass is 16.2. The zero-order chi connectivity index (χ0) is 8.55. The van der Waals surface area contributed by atoms with Crippen LogP contribution in [-0.2, 0) is 9.59 Å². The van der Waals surface area contributed by atoms with Crippen molar-refractivity contribution < 1.29 is 9.59 Å². The van der Waals surface area contributed by atoms with Crippen molar-refractivity contribution in [3.63, 3.8) is 0 Å². The summed E-state index contributed by atoms with van der Waals surface area (Å²) >= 11 is 0. The van der Waals surface area contributed by atoms with Crippen LogP contribution in [0.15, 0.2) is 12.3 Å². The Balaban J connectivity index is 2.11. The standard InChI is InChI=1S/C7H9N3O2/c11-6-2-3-7(12)10(6)9-5-1-4-8-9/h1,4,8H,2-3,5H2. The number of imide groups is 1. The molecule has 0 aromatic heterocycles. The van der Waals surface area contributed by atoms with E-state index in [4.69, 9.17) is 0 Å². The molecule has 1 N–H and O–H groups in total. The predicted molar refractivity (Wildman–Crippen MR) is 40.1 cm³/mol. The van der Waals surface area contributed by atoms with Crippen molar-refractivity contribution in [3.05, 3.63) is 12.3 Å². The molecule has 5 nitrogen and oxygen atoms in total. The van der Waals surface area contributed by atoms with E-state index in [0.717, 1.165) is 0 Å². The van der Waals surface area contributed by atoms with Gasteiger partial charge in [0, 0.05) is 19.0 Å². The average Bonchev–Trinajstić information content (AvgIpc) is 2.61. The van der Waals surface area contributed by atoms with Gasteiger partial charge in [-0.25, -0.2) is 0 Å². The molecule has 12 heavy (non-hydrogen) atoms. The van der Waals surface area contributed by atoms with Crippen LogP contribution in [0.5, 0.6) is 0 Å². The molecular weight excluding hydrogens is 158 g/mol. The summed E-state index contributed by atoms with van der Waals surface area (Å²) in [6.07, 6.45) is 4.21. The minimum absolute atomic E-state index is 0.129. The normalized spacial score (nSPS) is 23.8. The van der Waals surface area contributed by atoms with Crippen molar-refractivity contribution >= 4 is 11.8 Å². The van der Waals surface area contributed by atoms with Gasteiger partial charge in [-0.1, -0.05) is 0 Å². The number of hydrogen-bond acceptors (Lipinski definition) is 4. The second kappa shape index (κ2) is 2.60. The van der Waals surface area contributed by atoms with Crippen LogP contribution in [0, 0.1) is 0 Å². The number of hydrogen-bond donors (Lipinski definition) is 1. The number of amides is 2. The molecule has 2 heterocycles. The third kappa shape index (κ3) is 0.984. The van der Waals surface area contributed by atoms with E-state index in [-0.39, 0.29) is 11.8 Å². The molecule has 0 bridgehead atoms. The Morgan fingerprint density at radius 1 is 1.25 bits per heavy atom. The first-order chi connectivity index (χ1) is 5.79. The van der Waals surface area contributed by atoms with Gasteiger partial charge in [0.2, 0.25) is 11.8 Å². The Hall–Kier alpha value is -1.36. The number of carbonyl (C=O) groups is 2. The van der Waals surface area contributed by atoms with Gasteiger partial charge in [0.15, 0.2) is 0 Å². The quantitative estimate of drug-likeness (QED) is 0.529. The van der Waals surface area contributed by atoms with Crippen LogP contribution < -0.4 is 5.43 Å². The van der Waals surface area contributed by atoms with Gasteiger partial charge in [0.1, 0.15) is 0 Å². The highest BCUT2D eigenvalue weighted by molar-refractivity contribution is 6.01. The topological polar surface area (TPSA) is 52.7 Å². The molecule has 2 rings (SSSR count). The Bertz CT molecular complexity index is 237. The van der Waals surface area contributed by atoms with E-state index in [2.05, 4.69) is 5.43 Å². The number of nitrogens with zero attached hydrogens (tertiary/aromatic N) is 2. The van der Waals surface area contributed by atoms with Crippen LogP contribution in [-0.4, -0.2) is 28.5 Å². The van der Waals surface area contributed by atoms with E-state index in [1.165, 1.54) is 10.1 Å². The molecule has 2 aliphatic heterocycles. The number of carbonyl (C=O) groups excluding carboxylic acids is 2. The lowest BCUT2D eigenvalue weighted by atomic mass is 10.4. The Morgan fingerprint density at radius 3 is 2.42 bits per heavy atom. The van der Waals surface area contributed by atoms with Gasteiger partial charge in [0.25, 0.3) is 0 Å². The molecule has 1 fully saturated rings. The molecule has 64 valence electrons. The third-order valence-corrected chi connectivity index (χ3v) is 1.89. The van der Waals surface area contributed by atoms with Crippen LogP contribution in [0.25, 0.3) is 0 Å². The Morgan fingerprint density at radius 2 is 1.92 bits per heavy atom. The average molecular weight is 167 g/mol. The minimum atomic E-state index is -0.129. The van der Waals surface area contributed by atoms with Gasteiger partial charge in [-0.3, -0.25) is 9.59 Å². The number of nitrogens with one attached hydrogen (secondary N) is 1. The van der Waals surface area contributed by atoms with E-state index < -0.39 is 0 Å². The lowest BCUT2D eigenvalue weighted by molar-refractivity contribution is -0.159. The van der Waals surface area contributed by atoms with Crippen molar-refractivity contribution in [1.82, 2.24) is 15.6 Å². The maximum Gasteiger partial charge on any atom is 0.245 e. The van der Waals surface area contributed by atoms with Gasteiger partial charge in [-0.2, -0.15) is 5.01 Å². The molecule has 0 radical (unpaired) electrons. The van der Waals surface area contributed by atoms with E-state index in [1.807, 2.05) is 6.08 Å².